The van der Waals surface area contributed by atoms with Gasteiger partial charge in [0.1, 0.15) is 6.04 Å². The van der Waals surface area contributed by atoms with Crippen LogP contribution < -0.4 is 10.6 Å². The number of aromatic nitrogens is 2. The van der Waals surface area contributed by atoms with E-state index in [4.69, 9.17) is 0 Å². The number of halogens is 1. The third-order valence-corrected chi connectivity index (χ3v) is 5.51. The lowest BCUT2D eigenvalue weighted by molar-refractivity contribution is -0.123. The zero-order valence-corrected chi connectivity index (χ0v) is 15.6. The van der Waals surface area contributed by atoms with Crippen molar-refractivity contribution >= 4 is 21.8 Å². The summed E-state index contributed by atoms with van der Waals surface area (Å²) in [5.41, 5.74) is 2.26. The molecule has 0 saturated heterocycles. The summed E-state index contributed by atoms with van der Waals surface area (Å²) in [5, 5.41) is 10.4. The molecular formula is C18H23BrN4O. The molecule has 0 bridgehead atoms. The lowest BCUT2D eigenvalue weighted by Gasteiger charge is -2.43. The SMILES string of the molecule is CNC(C(=O)NCC1(c2ccc(Br)cc2)CCC1)c1cnn(C)c1. The van der Waals surface area contributed by atoms with Gasteiger partial charge < -0.3 is 10.6 Å². The number of amides is 1. The summed E-state index contributed by atoms with van der Waals surface area (Å²) in [7, 11) is 3.65. The highest BCUT2D eigenvalue weighted by Gasteiger charge is 2.39. The molecule has 1 heterocycles. The Balaban J connectivity index is 1.68. The summed E-state index contributed by atoms with van der Waals surface area (Å²) in [4.78, 5) is 12.6. The Labute approximate surface area is 151 Å². The minimum atomic E-state index is -0.374. The second-order valence-electron chi connectivity index (χ2n) is 6.53. The van der Waals surface area contributed by atoms with Crippen molar-refractivity contribution in [3.05, 3.63) is 52.3 Å². The van der Waals surface area contributed by atoms with Crippen LogP contribution in [-0.2, 0) is 17.3 Å². The maximum Gasteiger partial charge on any atom is 0.241 e. The first-order chi connectivity index (χ1) is 11.5. The first kappa shape index (κ1) is 17.2. The van der Waals surface area contributed by atoms with E-state index in [-0.39, 0.29) is 17.4 Å². The largest absolute Gasteiger partial charge is 0.354 e. The number of hydrogen-bond acceptors (Lipinski definition) is 3. The van der Waals surface area contributed by atoms with Gasteiger partial charge in [-0.25, -0.2) is 0 Å². The van der Waals surface area contributed by atoms with E-state index >= 15 is 0 Å². The van der Waals surface area contributed by atoms with Crippen LogP contribution in [-0.4, -0.2) is 29.3 Å². The van der Waals surface area contributed by atoms with Crippen molar-refractivity contribution < 1.29 is 4.79 Å². The van der Waals surface area contributed by atoms with Crippen molar-refractivity contribution in [2.24, 2.45) is 7.05 Å². The predicted octanol–water partition coefficient (Wildman–Crippen LogP) is 2.68. The van der Waals surface area contributed by atoms with Gasteiger partial charge in [-0.1, -0.05) is 34.5 Å². The van der Waals surface area contributed by atoms with E-state index in [9.17, 15) is 4.79 Å². The summed E-state index contributed by atoms with van der Waals surface area (Å²) in [5.74, 6) is -0.00566. The van der Waals surface area contributed by atoms with Gasteiger partial charge in [0.2, 0.25) is 5.91 Å². The van der Waals surface area contributed by atoms with Crippen LogP contribution in [0.3, 0.4) is 0 Å². The molecule has 2 N–H and O–H groups in total. The Kier molecular flexibility index (Phi) is 5.06. The first-order valence-electron chi connectivity index (χ1n) is 8.24. The number of rotatable bonds is 6. The second kappa shape index (κ2) is 7.07. The maximum absolute atomic E-state index is 12.6. The standard InChI is InChI=1S/C18H23BrN4O/c1-20-16(13-10-22-23(2)11-13)17(24)21-12-18(8-3-9-18)14-4-6-15(19)7-5-14/h4-7,10-11,16,20H,3,8-9,12H2,1-2H3,(H,21,24). The Morgan fingerprint density at radius 1 is 1.38 bits per heavy atom. The van der Waals surface area contributed by atoms with Crippen LogP contribution in [0.25, 0.3) is 0 Å². The molecule has 1 fully saturated rings. The molecule has 1 atom stereocenters. The van der Waals surface area contributed by atoms with Gasteiger partial charge in [-0.05, 0) is 37.6 Å². The second-order valence-corrected chi connectivity index (χ2v) is 7.44. The van der Waals surface area contributed by atoms with Crippen molar-refractivity contribution in [3.63, 3.8) is 0 Å². The molecule has 0 spiro atoms. The average molecular weight is 391 g/mol. The van der Waals surface area contributed by atoms with Crippen LogP contribution in [0.2, 0.25) is 0 Å². The van der Waals surface area contributed by atoms with Gasteiger partial charge in [0.05, 0.1) is 6.20 Å². The molecule has 1 amide bonds. The fourth-order valence-corrected chi connectivity index (χ4v) is 3.64. The van der Waals surface area contributed by atoms with Gasteiger partial charge >= 0.3 is 0 Å². The van der Waals surface area contributed by atoms with Crippen molar-refractivity contribution in [2.75, 3.05) is 13.6 Å². The van der Waals surface area contributed by atoms with E-state index in [1.807, 2.05) is 13.2 Å². The van der Waals surface area contributed by atoms with Crippen molar-refractivity contribution in [1.29, 1.82) is 0 Å². The van der Waals surface area contributed by atoms with Crippen LogP contribution in [0.1, 0.15) is 36.4 Å². The summed E-state index contributed by atoms with van der Waals surface area (Å²) < 4.78 is 2.79. The van der Waals surface area contributed by atoms with Gasteiger partial charge in [0.25, 0.3) is 0 Å². The van der Waals surface area contributed by atoms with Crippen molar-refractivity contribution in [1.82, 2.24) is 20.4 Å². The van der Waals surface area contributed by atoms with E-state index in [0.29, 0.717) is 6.54 Å². The number of hydrogen-bond donors (Lipinski definition) is 2. The van der Waals surface area contributed by atoms with E-state index in [2.05, 4.69) is 55.9 Å². The normalized spacial score (nSPS) is 17.1. The van der Waals surface area contributed by atoms with Crippen LogP contribution in [0, 0.1) is 0 Å². The molecule has 1 aliphatic rings. The van der Waals surface area contributed by atoms with E-state index < -0.39 is 0 Å². The molecule has 3 rings (SSSR count). The number of benzene rings is 1. The quantitative estimate of drug-likeness (QED) is 0.796. The van der Waals surface area contributed by atoms with Crippen molar-refractivity contribution in [2.45, 2.75) is 30.7 Å². The highest BCUT2D eigenvalue weighted by molar-refractivity contribution is 9.10. The number of nitrogens with one attached hydrogen (secondary N) is 2. The fourth-order valence-electron chi connectivity index (χ4n) is 3.37. The smallest absolute Gasteiger partial charge is 0.241 e. The van der Waals surface area contributed by atoms with Crippen LogP contribution >= 0.6 is 15.9 Å². The van der Waals surface area contributed by atoms with Crippen molar-refractivity contribution in [3.8, 4) is 0 Å². The molecule has 1 unspecified atom stereocenters. The van der Waals surface area contributed by atoms with Gasteiger partial charge in [0, 0.05) is 35.2 Å². The summed E-state index contributed by atoms with van der Waals surface area (Å²) in [6.07, 6.45) is 7.05. The zero-order valence-electron chi connectivity index (χ0n) is 14.1. The molecule has 1 aliphatic carbocycles. The lowest BCUT2D eigenvalue weighted by atomic mass is 9.64. The lowest BCUT2D eigenvalue weighted by Crippen LogP contribution is -2.47. The summed E-state index contributed by atoms with van der Waals surface area (Å²) in [6, 6.07) is 8.09. The summed E-state index contributed by atoms with van der Waals surface area (Å²) >= 11 is 3.48. The Bertz CT molecular complexity index is 706. The van der Waals surface area contributed by atoms with Gasteiger partial charge in [-0.15, -0.1) is 0 Å². The topological polar surface area (TPSA) is 59.0 Å². The Morgan fingerprint density at radius 2 is 2.08 bits per heavy atom. The average Bonchev–Trinajstić information content (AvgIpc) is 2.95. The first-order valence-corrected chi connectivity index (χ1v) is 9.03. The van der Waals surface area contributed by atoms with Gasteiger partial charge in [-0.3, -0.25) is 9.48 Å². The number of nitrogens with zero attached hydrogens (tertiary/aromatic N) is 2. The highest BCUT2D eigenvalue weighted by Crippen LogP contribution is 2.43. The van der Waals surface area contributed by atoms with Crippen LogP contribution in [0.4, 0.5) is 0 Å². The molecule has 5 nitrogen and oxygen atoms in total. The van der Waals surface area contributed by atoms with Gasteiger partial charge in [0.15, 0.2) is 0 Å². The van der Waals surface area contributed by atoms with E-state index in [1.165, 1.54) is 12.0 Å². The number of likely N-dealkylation sites (N-methyl/N-ethyl adjacent to an activating group) is 1. The molecule has 1 saturated carbocycles. The maximum atomic E-state index is 12.6. The van der Waals surface area contributed by atoms with Crippen LogP contribution in [0.15, 0.2) is 41.1 Å². The highest BCUT2D eigenvalue weighted by atomic mass is 79.9. The van der Waals surface area contributed by atoms with Crippen LogP contribution in [0.5, 0.6) is 0 Å². The predicted molar refractivity (Wildman–Crippen MR) is 97.7 cm³/mol. The molecule has 1 aromatic heterocycles. The number of carbonyl (C=O) groups is 1. The molecule has 24 heavy (non-hydrogen) atoms. The van der Waals surface area contributed by atoms with E-state index in [1.54, 1.807) is 17.9 Å². The minimum absolute atomic E-state index is 0.00566. The van der Waals surface area contributed by atoms with E-state index in [0.717, 1.165) is 22.9 Å². The molecule has 1 aromatic carbocycles. The number of carbonyl (C=O) groups excluding carboxylic acids is 1. The molecule has 0 aliphatic heterocycles. The van der Waals surface area contributed by atoms with Gasteiger partial charge in [-0.2, -0.15) is 5.10 Å². The molecule has 2 aromatic rings. The molecular weight excluding hydrogens is 368 g/mol. The monoisotopic (exact) mass is 390 g/mol. The Hall–Kier alpha value is -1.66. The summed E-state index contributed by atoms with van der Waals surface area (Å²) in [6.45, 7) is 0.673. The minimum Gasteiger partial charge on any atom is -0.354 e. The zero-order chi connectivity index (χ0) is 17.2. The Morgan fingerprint density at radius 3 is 2.58 bits per heavy atom. The molecule has 6 heteroatoms. The third kappa shape index (κ3) is 3.39. The molecule has 0 radical (unpaired) electrons. The fraction of sp³-hybridized carbons (Fsp3) is 0.444. The third-order valence-electron chi connectivity index (χ3n) is 4.98. The molecule has 128 valence electrons. The number of aryl methyl sites for hydroxylation is 1.